The molecule has 0 aliphatic rings. The number of aromatic nitrogens is 1. The predicted molar refractivity (Wildman–Crippen MR) is 102 cm³/mol. The molecule has 0 atom stereocenters. The highest BCUT2D eigenvalue weighted by molar-refractivity contribution is 14.0. The van der Waals surface area contributed by atoms with E-state index >= 15 is 0 Å². The van der Waals surface area contributed by atoms with E-state index in [9.17, 15) is 0 Å². The number of aryl methyl sites for hydroxylation is 3. The zero-order valence-corrected chi connectivity index (χ0v) is 16.5. The fourth-order valence-corrected chi connectivity index (χ4v) is 2.69. The van der Waals surface area contributed by atoms with Gasteiger partial charge < -0.3 is 15.1 Å². The van der Waals surface area contributed by atoms with Crippen molar-refractivity contribution >= 4 is 41.3 Å². The average molecular weight is 434 g/mol. The number of oxazole rings is 1. The van der Waals surface area contributed by atoms with Crippen molar-refractivity contribution < 1.29 is 4.42 Å². The largest absolute Gasteiger partial charge is 0.444 e. The maximum atomic E-state index is 5.54. The lowest BCUT2D eigenvalue weighted by Gasteiger charge is -2.10. The molecule has 0 saturated heterocycles. The van der Waals surface area contributed by atoms with E-state index in [1.807, 2.05) is 20.8 Å². The second kappa shape index (κ2) is 9.14. The van der Waals surface area contributed by atoms with Gasteiger partial charge in [0, 0.05) is 11.4 Å². The summed E-state index contributed by atoms with van der Waals surface area (Å²) in [6.45, 7) is 10.1. The first-order valence-electron chi connectivity index (χ1n) is 7.08. The molecular formula is C15H23IN4OS. The van der Waals surface area contributed by atoms with Crippen LogP contribution < -0.4 is 10.6 Å². The number of hydrogen-bond donors (Lipinski definition) is 2. The third-order valence-electron chi connectivity index (χ3n) is 3.17. The summed E-state index contributed by atoms with van der Waals surface area (Å²) in [5, 5.41) is 8.67. The number of nitrogens with zero attached hydrogens (tertiary/aromatic N) is 2. The van der Waals surface area contributed by atoms with Crippen molar-refractivity contribution in [3.8, 4) is 0 Å². The number of rotatable bonds is 5. The minimum atomic E-state index is 0. The maximum Gasteiger partial charge on any atom is 0.216 e. The van der Waals surface area contributed by atoms with Crippen LogP contribution >= 0.6 is 35.3 Å². The number of nitrogens with one attached hydrogen (secondary N) is 2. The Labute approximate surface area is 152 Å². The van der Waals surface area contributed by atoms with Gasteiger partial charge in [-0.05, 0) is 44.7 Å². The van der Waals surface area contributed by atoms with Gasteiger partial charge in [0.05, 0.1) is 12.2 Å². The fraction of sp³-hybridized carbons (Fsp3) is 0.467. The Kier molecular flexibility index (Phi) is 7.88. The summed E-state index contributed by atoms with van der Waals surface area (Å²) in [5.41, 5.74) is 2.23. The molecule has 7 heteroatoms. The van der Waals surface area contributed by atoms with E-state index in [0.29, 0.717) is 12.4 Å². The lowest BCUT2D eigenvalue weighted by Crippen LogP contribution is -2.36. The lowest BCUT2D eigenvalue weighted by atomic mass is 10.3. The van der Waals surface area contributed by atoms with Crippen LogP contribution in [-0.2, 0) is 13.1 Å². The molecule has 2 rings (SSSR count). The fourth-order valence-electron chi connectivity index (χ4n) is 1.84. The Hall–Kier alpha value is -1.09. The molecule has 0 saturated carbocycles. The molecule has 2 aromatic heterocycles. The van der Waals surface area contributed by atoms with Gasteiger partial charge in [-0.2, -0.15) is 0 Å². The maximum absolute atomic E-state index is 5.54. The Morgan fingerprint density at radius 2 is 2.09 bits per heavy atom. The van der Waals surface area contributed by atoms with Crippen LogP contribution in [0.4, 0.5) is 0 Å². The average Bonchev–Trinajstić information content (AvgIpc) is 3.00. The molecule has 122 valence electrons. The van der Waals surface area contributed by atoms with Crippen LogP contribution in [0.15, 0.2) is 20.9 Å². The second-order valence-electron chi connectivity index (χ2n) is 4.82. The van der Waals surface area contributed by atoms with Gasteiger partial charge in [-0.15, -0.1) is 35.3 Å². The number of aliphatic imine (C=N–C) groups is 1. The summed E-state index contributed by atoms with van der Waals surface area (Å²) in [5.74, 6) is 2.28. The van der Waals surface area contributed by atoms with Crippen molar-refractivity contribution in [2.45, 2.75) is 40.8 Å². The molecule has 2 N–H and O–H groups in total. The molecule has 22 heavy (non-hydrogen) atoms. The smallest absolute Gasteiger partial charge is 0.216 e. The van der Waals surface area contributed by atoms with Crippen LogP contribution in [0, 0.1) is 20.8 Å². The minimum absolute atomic E-state index is 0. The highest BCUT2D eigenvalue weighted by Crippen LogP contribution is 2.14. The van der Waals surface area contributed by atoms with Crippen molar-refractivity contribution in [2.75, 3.05) is 6.54 Å². The third kappa shape index (κ3) is 5.28. The quantitative estimate of drug-likeness (QED) is 0.430. The first-order chi connectivity index (χ1) is 10.1. The van der Waals surface area contributed by atoms with Crippen LogP contribution in [0.3, 0.4) is 0 Å². The topological polar surface area (TPSA) is 62.5 Å². The van der Waals surface area contributed by atoms with Gasteiger partial charge in [0.1, 0.15) is 12.3 Å². The Balaban J connectivity index is 0.00000242. The van der Waals surface area contributed by atoms with Crippen molar-refractivity contribution in [1.29, 1.82) is 0 Å². The van der Waals surface area contributed by atoms with Crippen LogP contribution in [0.1, 0.15) is 34.7 Å². The molecule has 0 bridgehead atoms. The molecule has 0 unspecified atom stereocenters. The Morgan fingerprint density at radius 1 is 1.32 bits per heavy atom. The summed E-state index contributed by atoms with van der Waals surface area (Å²) in [6.07, 6.45) is 0. The summed E-state index contributed by atoms with van der Waals surface area (Å²) >= 11 is 1.75. The molecule has 0 spiro atoms. The zero-order valence-electron chi connectivity index (χ0n) is 13.4. The second-order valence-corrected chi connectivity index (χ2v) is 5.83. The van der Waals surface area contributed by atoms with Gasteiger partial charge in [-0.25, -0.2) is 9.98 Å². The van der Waals surface area contributed by atoms with Crippen LogP contribution in [0.25, 0.3) is 0 Å². The van der Waals surface area contributed by atoms with Crippen LogP contribution in [-0.4, -0.2) is 17.5 Å². The summed E-state index contributed by atoms with van der Waals surface area (Å²) in [7, 11) is 0. The van der Waals surface area contributed by atoms with Gasteiger partial charge >= 0.3 is 0 Å². The number of thiophene rings is 1. The molecule has 0 aromatic carbocycles. The molecule has 0 amide bonds. The van der Waals surface area contributed by atoms with Gasteiger partial charge in [0.25, 0.3) is 0 Å². The van der Waals surface area contributed by atoms with Gasteiger partial charge in [-0.1, -0.05) is 0 Å². The van der Waals surface area contributed by atoms with E-state index in [4.69, 9.17) is 4.42 Å². The summed E-state index contributed by atoms with van der Waals surface area (Å²) in [4.78, 5) is 10.2. The first kappa shape index (κ1) is 19.0. The summed E-state index contributed by atoms with van der Waals surface area (Å²) < 4.78 is 5.54. The Morgan fingerprint density at radius 3 is 2.64 bits per heavy atom. The predicted octanol–water partition coefficient (Wildman–Crippen LogP) is 3.53. The van der Waals surface area contributed by atoms with Crippen molar-refractivity contribution in [1.82, 2.24) is 15.6 Å². The normalized spacial score (nSPS) is 11.2. The lowest BCUT2D eigenvalue weighted by molar-refractivity contribution is 0.473. The van der Waals surface area contributed by atoms with Gasteiger partial charge in [0.15, 0.2) is 5.96 Å². The van der Waals surface area contributed by atoms with Gasteiger partial charge in [0.2, 0.25) is 5.89 Å². The molecule has 2 aromatic rings. The SMILES string of the molecule is CCNC(=NCc1nc(C)c(C)o1)NCc1sccc1C.I. The highest BCUT2D eigenvalue weighted by Gasteiger charge is 2.06. The van der Waals surface area contributed by atoms with Crippen molar-refractivity contribution in [3.63, 3.8) is 0 Å². The molecule has 2 heterocycles. The van der Waals surface area contributed by atoms with E-state index in [1.165, 1.54) is 10.4 Å². The number of halogens is 1. The first-order valence-corrected chi connectivity index (χ1v) is 7.96. The van der Waals surface area contributed by atoms with E-state index in [1.54, 1.807) is 11.3 Å². The van der Waals surface area contributed by atoms with E-state index in [-0.39, 0.29) is 24.0 Å². The zero-order chi connectivity index (χ0) is 15.2. The molecule has 0 radical (unpaired) electrons. The molecule has 5 nitrogen and oxygen atoms in total. The molecule has 0 fully saturated rings. The monoisotopic (exact) mass is 434 g/mol. The molecule has 0 aliphatic heterocycles. The van der Waals surface area contributed by atoms with E-state index < -0.39 is 0 Å². The van der Waals surface area contributed by atoms with E-state index in [0.717, 1.165) is 30.5 Å². The van der Waals surface area contributed by atoms with Gasteiger partial charge in [-0.3, -0.25) is 0 Å². The number of hydrogen-bond acceptors (Lipinski definition) is 4. The third-order valence-corrected chi connectivity index (χ3v) is 4.20. The van der Waals surface area contributed by atoms with Crippen molar-refractivity contribution in [2.24, 2.45) is 4.99 Å². The van der Waals surface area contributed by atoms with Crippen molar-refractivity contribution in [3.05, 3.63) is 39.2 Å². The minimum Gasteiger partial charge on any atom is -0.444 e. The molecule has 0 aliphatic carbocycles. The number of guanidine groups is 1. The van der Waals surface area contributed by atoms with Crippen LogP contribution in [0.2, 0.25) is 0 Å². The standard InChI is InChI=1S/C15H22N4OS.HI/c1-5-16-15(17-8-13-10(2)6-7-21-13)18-9-14-19-11(3)12(4)20-14;/h6-7H,5,8-9H2,1-4H3,(H2,16,17,18);1H. The molecular weight excluding hydrogens is 411 g/mol. The van der Waals surface area contributed by atoms with Crippen LogP contribution in [0.5, 0.6) is 0 Å². The highest BCUT2D eigenvalue weighted by atomic mass is 127. The van der Waals surface area contributed by atoms with E-state index in [2.05, 4.69) is 39.0 Å². The Bertz CT molecular complexity index is 601. The summed E-state index contributed by atoms with van der Waals surface area (Å²) in [6, 6.07) is 2.13.